The molecular weight excluding hydrogens is 451 g/mol. The normalized spacial score (nSPS) is 25.6. The minimum absolute atomic E-state index is 0.235. The van der Waals surface area contributed by atoms with Crippen molar-refractivity contribution in [2.24, 2.45) is 23.0 Å². The second-order valence-corrected chi connectivity index (χ2v) is 9.47. The number of alkyl halides is 3. The number of carbonyl (C=O) groups excluding carboxylic acids is 2. The summed E-state index contributed by atoms with van der Waals surface area (Å²) in [6.45, 7) is -0.572. The van der Waals surface area contributed by atoms with E-state index in [1.165, 1.54) is 17.4 Å². The molecule has 2 aromatic rings. The van der Waals surface area contributed by atoms with Crippen LogP contribution in [-0.2, 0) is 20.7 Å². The summed E-state index contributed by atoms with van der Waals surface area (Å²) in [5, 5.41) is 6.69. The van der Waals surface area contributed by atoms with Crippen molar-refractivity contribution in [2.75, 3.05) is 13.7 Å². The summed E-state index contributed by atoms with van der Waals surface area (Å²) in [4.78, 5) is 29.9. The van der Waals surface area contributed by atoms with Crippen molar-refractivity contribution in [3.8, 4) is 0 Å². The number of nitrogens with one attached hydrogen (secondary N) is 1. The highest BCUT2D eigenvalue weighted by molar-refractivity contribution is 6.03. The van der Waals surface area contributed by atoms with Gasteiger partial charge in [-0.2, -0.15) is 18.3 Å². The number of nitrogens with two attached hydrogens (primary N) is 1. The van der Waals surface area contributed by atoms with Crippen LogP contribution in [0.3, 0.4) is 0 Å². The molecule has 3 heterocycles. The molecule has 8 nitrogen and oxygen atoms in total. The Kier molecular flexibility index (Phi) is 6.84. The van der Waals surface area contributed by atoms with E-state index in [2.05, 4.69) is 15.4 Å². The Bertz CT molecular complexity index is 1040. The van der Waals surface area contributed by atoms with Crippen LogP contribution in [0.2, 0.25) is 0 Å². The largest absolute Gasteiger partial charge is 0.468 e. The van der Waals surface area contributed by atoms with Crippen LogP contribution in [0.4, 0.5) is 13.2 Å². The topological polar surface area (TPSA) is 112 Å². The number of hydrogen-bond acceptors (Lipinski definition) is 6. The highest BCUT2D eigenvalue weighted by atomic mass is 19.4. The number of piperidine rings is 1. The van der Waals surface area contributed by atoms with E-state index in [4.69, 9.17) is 10.5 Å². The van der Waals surface area contributed by atoms with E-state index in [9.17, 15) is 22.8 Å². The fourth-order valence-electron chi connectivity index (χ4n) is 5.21. The van der Waals surface area contributed by atoms with Gasteiger partial charge in [-0.25, -0.2) is 9.50 Å². The van der Waals surface area contributed by atoms with Gasteiger partial charge in [0, 0.05) is 13.0 Å². The smallest absolute Gasteiger partial charge is 0.393 e. The first-order chi connectivity index (χ1) is 16.1. The average molecular weight is 482 g/mol. The van der Waals surface area contributed by atoms with Gasteiger partial charge < -0.3 is 15.8 Å². The first-order valence-corrected chi connectivity index (χ1v) is 11.7. The van der Waals surface area contributed by atoms with Crippen molar-refractivity contribution >= 4 is 17.5 Å². The van der Waals surface area contributed by atoms with E-state index >= 15 is 0 Å². The van der Waals surface area contributed by atoms with Crippen LogP contribution in [0.15, 0.2) is 18.3 Å². The third-order valence-corrected chi connectivity index (χ3v) is 7.20. The average Bonchev–Trinajstić information content (AvgIpc) is 3.03. The molecule has 1 amide bonds. The van der Waals surface area contributed by atoms with E-state index in [1.54, 1.807) is 18.3 Å². The maximum Gasteiger partial charge on any atom is 0.393 e. The molecule has 2 aromatic heterocycles. The molecule has 0 bridgehead atoms. The Labute approximate surface area is 195 Å². The van der Waals surface area contributed by atoms with Crippen molar-refractivity contribution < 1.29 is 27.5 Å². The number of ether oxygens (including phenoxy) is 1. The lowest BCUT2D eigenvalue weighted by Gasteiger charge is -2.38. The lowest BCUT2D eigenvalue weighted by atomic mass is 9.72. The molecule has 1 saturated carbocycles. The number of esters is 1. The van der Waals surface area contributed by atoms with Crippen LogP contribution >= 0.6 is 0 Å². The van der Waals surface area contributed by atoms with Gasteiger partial charge in [0.2, 0.25) is 5.91 Å². The van der Waals surface area contributed by atoms with E-state index in [1.807, 2.05) is 0 Å². The highest BCUT2D eigenvalue weighted by Gasteiger charge is 2.56. The molecule has 2 aliphatic rings. The summed E-state index contributed by atoms with van der Waals surface area (Å²) in [5.74, 6) is -3.32. The Balaban J connectivity index is 1.61. The summed E-state index contributed by atoms with van der Waals surface area (Å²) in [5.41, 5.74) is 6.02. The van der Waals surface area contributed by atoms with Crippen LogP contribution in [0, 0.1) is 17.3 Å². The molecule has 2 unspecified atom stereocenters. The summed E-state index contributed by atoms with van der Waals surface area (Å²) < 4.78 is 46.6. The predicted molar refractivity (Wildman–Crippen MR) is 116 cm³/mol. The molecule has 1 aliphatic carbocycles. The molecule has 186 valence electrons. The van der Waals surface area contributed by atoms with Crippen molar-refractivity contribution in [3.05, 3.63) is 29.7 Å². The molecule has 2 fully saturated rings. The Morgan fingerprint density at radius 3 is 2.65 bits per heavy atom. The SMILES string of the molecule is COC(=O)C1(Cc2ccc3nc([C@@H](N)C4CCCCCC4)cn3n2)CC(C(F)(F)F)CNC1=O. The fraction of sp³-hybridized carbons (Fsp3) is 0.652. The number of hydrogen-bond donors (Lipinski definition) is 2. The first kappa shape index (κ1) is 24.4. The minimum Gasteiger partial charge on any atom is -0.468 e. The molecule has 0 spiro atoms. The molecule has 1 aliphatic heterocycles. The van der Waals surface area contributed by atoms with E-state index in [-0.39, 0.29) is 18.2 Å². The molecule has 34 heavy (non-hydrogen) atoms. The van der Waals surface area contributed by atoms with Crippen LogP contribution in [0.5, 0.6) is 0 Å². The number of fused-ring (bicyclic) bond motifs is 1. The van der Waals surface area contributed by atoms with Crippen LogP contribution < -0.4 is 11.1 Å². The van der Waals surface area contributed by atoms with E-state index < -0.39 is 42.4 Å². The lowest BCUT2D eigenvalue weighted by Crippen LogP contribution is -2.57. The third-order valence-electron chi connectivity index (χ3n) is 7.20. The second-order valence-electron chi connectivity index (χ2n) is 9.47. The van der Waals surface area contributed by atoms with Gasteiger partial charge in [-0.05, 0) is 37.3 Å². The summed E-state index contributed by atoms with van der Waals surface area (Å²) >= 11 is 0. The van der Waals surface area contributed by atoms with Gasteiger partial charge in [0.05, 0.1) is 36.7 Å². The number of rotatable bonds is 5. The van der Waals surface area contributed by atoms with Gasteiger partial charge in [-0.15, -0.1) is 0 Å². The minimum atomic E-state index is -4.56. The number of amides is 1. The maximum atomic E-state index is 13.4. The number of methoxy groups -OCH3 is 1. The monoisotopic (exact) mass is 481 g/mol. The highest BCUT2D eigenvalue weighted by Crippen LogP contribution is 2.41. The lowest BCUT2D eigenvalue weighted by molar-refractivity contribution is -0.195. The van der Waals surface area contributed by atoms with Gasteiger partial charge >= 0.3 is 12.1 Å². The van der Waals surface area contributed by atoms with E-state index in [0.29, 0.717) is 17.3 Å². The molecule has 0 radical (unpaired) electrons. The van der Waals surface area contributed by atoms with Gasteiger partial charge in [-0.1, -0.05) is 25.7 Å². The fourth-order valence-corrected chi connectivity index (χ4v) is 5.21. The van der Waals surface area contributed by atoms with Crippen LogP contribution in [0.25, 0.3) is 5.65 Å². The molecular formula is C23H30F3N5O3. The molecule has 3 N–H and O–H groups in total. The van der Waals surface area contributed by atoms with Crippen molar-refractivity contribution in [1.29, 1.82) is 0 Å². The maximum absolute atomic E-state index is 13.4. The molecule has 4 rings (SSSR count). The molecule has 0 aromatic carbocycles. The number of nitrogens with zero attached hydrogens (tertiary/aromatic N) is 3. The van der Waals surface area contributed by atoms with Gasteiger partial charge in [0.1, 0.15) is 0 Å². The zero-order valence-corrected chi connectivity index (χ0v) is 19.1. The summed E-state index contributed by atoms with van der Waals surface area (Å²) in [7, 11) is 1.06. The Morgan fingerprint density at radius 2 is 2.00 bits per heavy atom. The van der Waals surface area contributed by atoms with Crippen molar-refractivity contribution in [1.82, 2.24) is 19.9 Å². The molecule has 11 heteroatoms. The number of imidazole rings is 1. The summed E-state index contributed by atoms with van der Waals surface area (Å²) in [6, 6.07) is 3.00. The zero-order valence-electron chi connectivity index (χ0n) is 19.1. The van der Waals surface area contributed by atoms with Crippen molar-refractivity contribution in [3.63, 3.8) is 0 Å². The van der Waals surface area contributed by atoms with Gasteiger partial charge in [0.25, 0.3) is 0 Å². The summed E-state index contributed by atoms with van der Waals surface area (Å²) in [6.07, 6.45) is 2.95. The van der Waals surface area contributed by atoms with Crippen LogP contribution in [-0.4, -0.2) is 46.3 Å². The second kappa shape index (κ2) is 9.52. The van der Waals surface area contributed by atoms with E-state index in [0.717, 1.165) is 32.8 Å². The predicted octanol–water partition coefficient (Wildman–Crippen LogP) is 3.10. The Hall–Kier alpha value is -2.69. The molecule has 3 atom stereocenters. The zero-order chi connectivity index (χ0) is 24.5. The quantitative estimate of drug-likeness (QED) is 0.386. The third kappa shape index (κ3) is 4.75. The molecule has 1 saturated heterocycles. The number of carbonyl (C=O) groups is 2. The van der Waals surface area contributed by atoms with Gasteiger partial charge in [-0.3, -0.25) is 9.59 Å². The standard InChI is InChI=1S/C23H30F3N5O3/c1-34-21(33)22(10-15(23(24,25)26)12-28-20(22)32)11-16-8-9-18-29-17(13-31(18)30-16)19(27)14-6-4-2-3-5-7-14/h8-9,13-15,19H,2-7,10-12,27H2,1H3,(H,28,32)/t15?,19-,22?/m0/s1. The number of halogens is 3. The first-order valence-electron chi connectivity index (χ1n) is 11.7. The van der Waals surface area contributed by atoms with Gasteiger partial charge in [0.15, 0.2) is 11.1 Å². The van der Waals surface area contributed by atoms with Crippen LogP contribution in [0.1, 0.15) is 62.4 Å². The number of aromatic nitrogens is 3. The Morgan fingerprint density at radius 1 is 1.29 bits per heavy atom. The van der Waals surface area contributed by atoms with Crippen molar-refractivity contribution in [2.45, 2.75) is 63.6 Å².